The quantitative estimate of drug-likeness (QED) is 0.559. The molecule has 0 radical (unpaired) electrons. The molecule has 1 heterocycles. The van der Waals surface area contributed by atoms with Crippen LogP contribution in [0.4, 0.5) is 22.9 Å². The number of carbonyl (C=O) groups excluding carboxylic acids is 1. The van der Waals surface area contributed by atoms with Crippen molar-refractivity contribution in [2.24, 2.45) is 0 Å². The Labute approximate surface area is 141 Å². The van der Waals surface area contributed by atoms with Crippen molar-refractivity contribution in [3.05, 3.63) is 36.5 Å². The second-order valence-electron chi connectivity index (χ2n) is 5.93. The van der Waals surface area contributed by atoms with Gasteiger partial charge < -0.3 is 20.6 Å². The Bertz CT molecular complexity index is 714. The zero-order valence-corrected chi connectivity index (χ0v) is 13.7. The van der Waals surface area contributed by atoms with Crippen LogP contribution in [0.1, 0.15) is 25.7 Å². The van der Waals surface area contributed by atoms with Gasteiger partial charge in [0.25, 0.3) is 0 Å². The maximum atomic E-state index is 11.7. The fourth-order valence-corrected chi connectivity index (χ4v) is 3.16. The van der Waals surface area contributed by atoms with Crippen LogP contribution in [0.3, 0.4) is 0 Å². The van der Waals surface area contributed by atoms with Crippen LogP contribution < -0.4 is 15.5 Å². The molecular formula is C18H22N4O2. The average Bonchev–Trinajstić information content (AvgIpc) is 3.12. The van der Waals surface area contributed by atoms with Gasteiger partial charge >= 0.3 is 0 Å². The Hall–Kier alpha value is -2.76. The van der Waals surface area contributed by atoms with E-state index in [1.807, 2.05) is 19.2 Å². The normalized spacial score (nSPS) is 14.4. The van der Waals surface area contributed by atoms with Gasteiger partial charge in [0.15, 0.2) is 0 Å². The second kappa shape index (κ2) is 7.21. The van der Waals surface area contributed by atoms with E-state index in [-0.39, 0.29) is 11.8 Å². The molecule has 1 saturated carbocycles. The zero-order chi connectivity index (χ0) is 16.9. The van der Waals surface area contributed by atoms with Gasteiger partial charge in [-0.3, -0.25) is 4.79 Å². The maximum Gasteiger partial charge on any atom is 0.214 e. The molecule has 126 valence electrons. The summed E-state index contributed by atoms with van der Waals surface area (Å²) in [6.45, 7) is 0. The van der Waals surface area contributed by atoms with E-state index in [9.17, 15) is 9.90 Å². The zero-order valence-electron chi connectivity index (χ0n) is 13.7. The minimum atomic E-state index is 0.154. The van der Waals surface area contributed by atoms with E-state index in [0.717, 1.165) is 43.5 Å². The third-order valence-corrected chi connectivity index (χ3v) is 4.43. The summed E-state index contributed by atoms with van der Waals surface area (Å²) >= 11 is 0. The SMILES string of the molecule is CNc1cnc(Nc2ccccc2O)cc1N(C=O)C1CCCC1. The number of carbonyl (C=O) groups is 1. The maximum absolute atomic E-state index is 11.7. The summed E-state index contributed by atoms with van der Waals surface area (Å²) in [7, 11) is 1.81. The molecule has 0 saturated heterocycles. The highest BCUT2D eigenvalue weighted by Gasteiger charge is 2.24. The summed E-state index contributed by atoms with van der Waals surface area (Å²) in [5.74, 6) is 0.733. The summed E-state index contributed by atoms with van der Waals surface area (Å²) < 4.78 is 0. The number of phenols is 1. The number of anilines is 4. The van der Waals surface area contributed by atoms with Crippen molar-refractivity contribution in [1.82, 2.24) is 4.98 Å². The van der Waals surface area contributed by atoms with E-state index in [2.05, 4.69) is 15.6 Å². The topological polar surface area (TPSA) is 77.5 Å². The Morgan fingerprint density at radius 3 is 2.67 bits per heavy atom. The fraction of sp³-hybridized carbons (Fsp3) is 0.333. The summed E-state index contributed by atoms with van der Waals surface area (Å²) in [6, 6.07) is 9.05. The van der Waals surface area contributed by atoms with Gasteiger partial charge in [0.2, 0.25) is 6.41 Å². The van der Waals surface area contributed by atoms with Gasteiger partial charge in [0.05, 0.1) is 23.3 Å². The molecule has 1 aromatic heterocycles. The van der Waals surface area contributed by atoms with E-state index >= 15 is 0 Å². The largest absolute Gasteiger partial charge is 0.506 e. The minimum absolute atomic E-state index is 0.154. The van der Waals surface area contributed by atoms with Crippen molar-refractivity contribution in [2.45, 2.75) is 31.7 Å². The van der Waals surface area contributed by atoms with Crippen molar-refractivity contribution in [3.8, 4) is 5.75 Å². The molecule has 6 nitrogen and oxygen atoms in total. The van der Waals surface area contributed by atoms with Crippen LogP contribution in [-0.2, 0) is 4.79 Å². The molecule has 1 fully saturated rings. The highest BCUT2D eigenvalue weighted by atomic mass is 16.3. The lowest BCUT2D eigenvalue weighted by molar-refractivity contribution is -0.107. The number of aromatic nitrogens is 1. The van der Waals surface area contributed by atoms with Crippen molar-refractivity contribution < 1.29 is 9.90 Å². The highest BCUT2D eigenvalue weighted by molar-refractivity contribution is 5.86. The molecular weight excluding hydrogens is 304 g/mol. The molecule has 1 aliphatic rings. The van der Waals surface area contributed by atoms with Crippen LogP contribution in [0.2, 0.25) is 0 Å². The van der Waals surface area contributed by atoms with Crippen molar-refractivity contribution in [3.63, 3.8) is 0 Å². The van der Waals surface area contributed by atoms with E-state index in [1.165, 1.54) is 0 Å². The van der Waals surface area contributed by atoms with Gasteiger partial charge in [-0.2, -0.15) is 0 Å². The Balaban J connectivity index is 1.92. The fourth-order valence-electron chi connectivity index (χ4n) is 3.16. The third-order valence-electron chi connectivity index (χ3n) is 4.43. The Morgan fingerprint density at radius 2 is 2.00 bits per heavy atom. The monoisotopic (exact) mass is 326 g/mol. The summed E-state index contributed by atoms with van der Waals surface area (Å²) in [5, 5.41) is 16.1. The number of nitrogens with zero attached hydrogens (tertiary/aromatic N) is 2. The molecule has 3 rings (SSSR count). The van der Waals surface area contributed by atoms with Gasteiger partial charge in [-0.25, -0.2) is 4.98 Å². The summed E-state index contributed by atoms with van der Waals surface area (Å²) in [5.41, 5.74) is 2.18. The first-order valence-electron chi connectivity index (χ1n) is 8.19. The molecule has 0 aliphatic heterocycles. The Kier molecular flexibility index (Phi) is 4.84. The van der Waals surface area contributed by atoms with E-state index in [0.29, 0.717) is 11.5 Å². The standard InChI is InChI=1S/C18H22N4O2/c1-19-15-11-20-18(21-14-8-4-5-9-17(14)24)10-16(15)22(12-23)13-6-2-3-7-13/h4-5,8-13,19,24H,2-3,6-7H2,1H3,(H,20,21). The van der Waals surface area contributed by atoms with E-state index in [4.69, 9.17) is 0 Å². The molecule has 0 unspecified atom stereocenters. The first-order valence-corrected chi connectivity index (χ1v) is 8.19. The molecule has 0 spiro atoms. The first-order chi connectivity index (χ1) is 11.7. The molecule has 3 N–H and O–H groups in total. The van der Waals surface area contributed by atoms with Crippen LogP contribution in [0.5, 0.6) is 5.75 Å². The molecule has 1 aromatic carbocycles. The molecule has 6 heteroatoms. The molecule has 1 amide bonds. The number of para-hydroxylation sites is 2. The number of hydrogen-bond donors (Lipinski definition) is 3. The second-order valence-corrected chi connectivity index (χ2v) is 5.93. The smallest absolute Gasteiger partial charge is 0.214 e. The number of amides is 1. The minimum Gasteiger partial charge on any atom is -0.506 e. The van der Waals surface area contributed by atoms with Crippen molar-refractivity contribution in [1.29, 1.82) is 0 Å². The molecule has 24 heavy (non-hydrogen) atoms. The average molecular weight is 326 g/mol. The van der Waals surface area contributed by atoms with E-state index < -0.39 is 0 Å². The Morgan fingerprint density at radius 1 is 1.25 bits per heavy atom. The van der Waals surface area contributed by atoms with Crippen LogP contribution in [0, 0.1) is 0 Å². The summed E-state index contributed by atoms with van der Waals surface area (Å²) in [4.78, 5) is 17.9. The first kappa shape index (κ1) is 16.1. The van der Waals surface area contributed by atoms with Crippen molar-refractivity contribution >= 4 is 29.3 Å². The lowest BCUT2D eigenvalue weighted by Crippen LogP contribution is -2.32. The lowest BCUT2D eigenvalue weighted by atomic mass is 10.2. The van der Waals surface area contributed by atoms with Crippen LogP contribution in [0.15, 0.2) is 36.5 Å². The van der Waals surface area contributed by atoms with Crippen molar-refractivity contribution in [2.75, 3.05) is 22.6 Å². The number of nitrogens with one attached hydrogen (secondary N) is 2. The van der Waals surface area contributed by atoms with Gasteiger partial charge in [0, 0.05) is 19.2 Å². The number of hydrogen-bond acceptors (Lipinski definition) is 5. The number of phenolic OH excluding ortho intramolecular Hbond substituents is 1. The molecule has 2 aromatic rings. The van der Waals surface area contributed by atoms with Crippen LogP contribution in [-0.4, -0.2) is 29.6 Å². The van der Waals surface area contributed by atoms with Gasteiger partial charge in [-0.05, 0) is 25.0 Å². The van der Waals surface area contributed by atoms with Crippen LogP contribution in [0.25, 0.3) is 0 Å². The number of pyridine rings is 1. The van der Waals surface area contributed by atoms with Gasteiger partial charge in [-0.1, -0.05) is 25.0 Å². The third kappa shape index (κ3) is 3.27. The van der Waals surface area contributed by atoms with Gasteiger partial charge in [-0.15, -0.1) is 0 Å². The van der Waals surface area contributed by atoms with E-state index in [1.54, 1.807) is 29.3 Å². The lowest BCUT2D eigenvalue weighted by Gasteiger charge is -2.27. The molecule has 0 atom stereocenters. The molecule has 1 aliphatic carbocycles. The molecule has 0 bridgehead atoms. The number of rotatable bonds is 6. The predicted octanol–water partition coefficient (Wildman–Crippen LogP) is 3.48. The number of aromatic hydroxyl groups is 1. The van der Waals surface area contributed by atoms with Crippen LogP contribution >= 0.6 is 0 Å². The van der Waals surface area contributed by atoms with Gasteiger partial charge in [0.1, 0.15) is 11.6 Å². The number of benzene rings is 1. The summed E-state index contributed by atoms with van der Waals surface area (Å²) in [6.07, 6.45) is 6.94. The highest BCUT2D eigenvalue weighted by Crippen LogP contribution is 2.34. The predicted molar refractivity (Wildman–Crippen MR) is 96.0 cm³/mol.